The second kappa shape index (κ2) is 14.2. The molecule has 0 amide bonds. The van der Waals surface area contributed by atoms with Crippen molar-refractivity contribution in [3.8, 4) is 5.75 Å². The number of unbranched alkanes of at least 4 members (excludes halogenated alkanes) is 7. The van der Waals surface area contributed by atoms with Gasteiger partial charge >= 0.3 is 11.9 Å². The molecule has 0 atom stereocenters. The lowest BCUT2D eigenvalue weighted by Gasteiger charge is -2.07. The van der Waals surface area contributed by atoms with Crippen LogP contribution >= 0.6 is 0 Å². The Morgan fingerprint density at radius 2 is 1.30 bits per heavy atom. The fraction of sp³-hybridized carbons (Fsp3) is 0.652. The van der Waals surface area contributed by atoms with E-state index in [4.69, 9.17) is 9.47 Å². The van der Waals surface area contributed by atoms with Gasteiger partial charge in [0.15, 0.2) is 0 Å². The van der Waals surface area contributed by atoms with Crippen LogP contribution in [0.15, 0.2) is 18.2 Å². The number of aryl methyl sites for hydroxylation is 2. The zero-order valence-corrected chi connectivity index (χ0v) is 17.4. The van der Waals surface area contributed by atoms with Gasteiger partial charge in [0, 0.05) is 12.8 Å². The van der Waals surface area contributed by atoms with Crippen LogP contribution in [0.25, 0.3) is 0 Å². The quantitative estimate of drug-likeness (QED) is 0.225. The monoisotopic (exact) mass is 376 g/mol. The van der Waals surface area contributed by atoms with Gasteiger partial charge in [-0.25, -0.2) is 0 Å². The number of esters is 2. The summed E-state index contributed by atoms with van der Waals surface area (Å²) in [6.07, 6.45) is 10.2. The standard InChI is InChI=1S/C23H36O4/c1-4-5-12-15-26-22(24)13-10-8-6-7-9-11-14-23(25)27-21-17-19(2)16-20(3)18-21/h16-18H,4-15H2,1-3H3. The lowest BCUT2D eigenvalue weighted by Crippen LogP contribution is -2.07. The maximum Gasteiger partial charge on any atom is 0.311 e. The first-order valence-electron chi connectivity index (χ1n) is 10.5. The van der Waals surface area contributed by atoms with Gasteiger partial charge < -0.3 is 9.47 Å². The summed E-state index contributed by atoms with van der Waals surface area (Å²) in [5.41, 5.74) is 2.20. The Balaban J connectivity index is 1.97. The predicted octanol–water partition coefficient (Wildman–Crippen LogP) is 6.06. The van der Waals surface area contributed by atoms with E-state index in [0.29, 0.717) is 25.2 Å². The van der Waals surface area contributed by atoms with Gasteiger partial charge in [-0.1, -0.05) is 51.5 Å². The molecular formula is C23H36O4. The highest BCUT2D eigenvalue weighted by molar-refractivity contribution is 5.72. The Kier molecular flexibility index (Phi) is 12.2. The molecule has 0 unspecified atom stereocenters. The summed E-state index contributed by atoms with van der Waals surface area (Å²) in [6, 6.07) is 5.84. The molecule has 4 heteroatoms. The molecule has 0 aromatic heterocycles. The van der Waals surface area contributed by atoms with Crippen LogP contribution in [0.4, 0.5) is 0 Å². The Morgan fingerprint density at radius 3 is 1.89 bits per heavy atom. The average Bonchev–Trinajstić information content (AvgIpc) is 2.60. The molecule has 4 nitrogen and oxygen atoms in total. The molecule has 0 fully saturated rings. The highest BCUT2D eigenvalue weighted by atomic mass is 16.5. The van der Waals surface area contributed by atoms with Crippen molar-refractivity contribution in [2.24, 2.45) is 0 Å². The van der Waals surface area contributed by atoms with Crippen molar-refractivity contribution in [1.29, 1.82) is 0 Å². The van der Waals surface area contributed by atoms with Gasteiger partial charge in [0.25, 0.3) is 0 Å². The van der Waals surface area contributed by atoms with Gasteiger partial charge in [0.05, 0.1) is 6.61 Å². The van der Waals surface area contributed by atoms with Gasteiger partial charge in [0.2, 0.25) is 0 Å². The first kappa shape index (κ1) is 23.2. The number of carbonyl (C=O) groups excluding carboxylic acids is 2. The summed E-state index contributed by atoms with van der Waals surface area (Å²) >= 11 is 0. The second-order valence-electron chi connectivity index (χ2n) is 7.35. The first-order valence-corrected chi connectivity index (χ1v) is 10.5. The van der Waals surface area contributed by atoms with Crippen molar-refractivity contribution in [1.82, 2.24) is 0 Å². The van der Waals surface area contributed by atoms with Crippen LogP contribution in [0.5, 0.6) is 5.75 Å². The van der Waals surface area contributed by atoms with Crippen LogP contribution < -0.4 is 4.74 Å². The summed E-state index contributed by atoms with van der Waals surface area (Å²) < 4.78 is 10.6. The molecule has 0 spiro atoms. The third-order valence-electron chi connectivity index (χ3n) is 4.45. The minimum atomic E-state index is -0.161. The molecule has 1 rings (SSSR count). The summed E-state index contributed by atoms with van der Waals surface area (Å²) in [6.45, 7) is 6.69. The Hall–Kier alpha value is -1.84. The number of benzene rings is 1. The van der Waals surface area contributed by atoms with E-state index < -0.39 is 0 Å². The van der Waals surface area contributed by atoms with E-state index in [9.17, 15) is 9.59 Å². The van der Waals surface area contributed by atoms with Crippen molar-refractivity contribution in [2.45, 2.75) is 91.4 Å². The third-order valence-corrected chi connectivity index (χ3v) is 4.45. The molecule has 0 aliphatic heterocycles. The van der Waals surface area contributed by atoms with E-state index in [1.807, 2.05) is 26.0 Å². The van der Waals surface area contributed by atoms with Crippen molar-refractivity contribution < 1.29 is 19.1 Å². The van der Waals surface area contributed by atoms with E-state index in [1.54, 1.807) is 0 Å². The van der Waals surface area contributed by atoms with E-state index in [2.05, 4.69) is 13.0 Å². The average molecular weight is 377 g/mol. The van der Waals surface area contributed by atoms with Crippen molar-refractivity contribution >= 4 is 11.9 Å². The lowest BCUT2D eigenvalue weighted by molar-refractivity contribution is -0.144. The number of ether oxygens (including phenoxy) is 2. The smallest absolute Gasteiger partial charge is 0.311 e. The molecule has 0 saturated carbocycles. The zero-order valence-electron chi connectivity index (χ0n) is 17.4. The number of hydrogen-bond donors (Lipinski definition) is 0. The van der Waals surface area contributed by atoms with Crippen LogP contribution in [0, 0.1) is 13.8 Å². The van der Waals surface area contributed by atoms with E-state index in [0.717, 1.165) is 68.9 Å². The third kappa shape index (κ3) is 12.2. The van der Waals surface area contributed by atoms with Crippen LogP contribution in [0.1, 0.15) is 88.7 Å². The van der Waals surface area contributed by atoms with Crippen LogP contribution in [-0.4, -0.2) is 18.5 Å². The lowest BCUT2D eigenvalue weighted by atomic mass is 10.1. The molecule has 0 radical (unpaired) electrons. The van der Waals surface area contributed by atoms with Gasteiger partial charge in [0.1, 0.15) is 5.75 Å². The Labute approximate surface area is 164 Å². The van der Waals surface area contributed by atoms with Crippen molar-refractivity contribution in [2.75, 3.05) is 6.61 Å². The molecule has 0 heterocycles. The zero-order chi connectivity index (χ0) is 19.9. The number of rotatable bonds is 14. The summed E-state index contributed by atoms with van der Waals surface area (Å²) in [5.74, 6) is 0.408. The number of carbonyl (C=O) groups is 2. The summed E-state index contributed by atoms with van der Waals surface area (Å²) in [4.78, 5) is 23.4. The predicted molar refractivity (Wildman–Crippen MR) is 109 cm³/mol. The summed E-state index contributed by atoms with van der Waals surface area (Å²) in [5, 5.41) is 0. The van der Waals surface area contributed by atoms with Crippen LogP contribution in [0.2, 0.25) is 0 Å². The normalized spacial score (nSPS) is 10.6. The molecule has 0 aliphatic carbocycles. The summed E-state index contributed by atoms with van der Waals surface area (Å²) in [7, 11) is 0. The van der Waals surface area contributed by atoms with Crippen LogP contribution in [-0.2, 0) is 14.3 Å². The number of hydrogen-bond acceptors (Lipinski definition) is 4. The maximum atomic E-state index is 11.9. The first-order chi connectivity index (χ1) is 13.0. The highest BCUT2D eigenvalue weighted by Crippen LogP contribution is 2.17. The van der Waals surface area contributed by atoms with Gasteiger partial charge in [-0.2, -0.15) is 0 Å². The highest BCUT2D eigenvalue weighted by Gasteiger charge is 2.06. The molecular weight excluding hydrogens is 340 g/mol. The van der Waals surface area contributed by atoms with Gasteiger partial charge in [-0.3, -0.25) is 9.59 Å². The topological polar surface area (TPSA) is 52.6 Å². The molecule has 0 N–H and O–H groups in total. The maximum absolute atomic E-state index is 11.9. The van der Waals surface area contributed by atoms with Gasteiger partial charge in [-0.05, 0) is 56.4 Å². The largest absolute Gasteiger partial charge is 0.466 e. The van der Waals surface area contributed by atoms with Gasteiger partial charge in [-0.15, -0.1) is 0 Å². The second-order valence-corrected chi connectivity index (χ2v) is 7.35. The van der Waals surface area contributed by atoms with Crippen molar-refractivity contribution in [3.05, 3.63) is 29.3 Å². The van der Waals surface area contributed by atoms with Crippen LogP contribution in [0.3, 0.4) is 0 Å². The fourth-order valence-electron chi connectivity index (χ4n) is 3.03. The van der Waals surface area contributed by atoms with E-state index in [-0.39, 0.29) is 11.9 Å². The van der Waals surface area contributed by atoms with Crippen molar-refractivity contribution in [3.63, 3.8) is 0 Å². The molecule has 0 saturated heterocycles. The van der Waals surface area contributed by atoms with E-state index in [1.165, 1.54) is 0 Å². The minimum absolute atomic E-state index is 0.0692. The molecule has 1 aromatic carbocycles. The molecule has 27 heavy (non-hydrogen) atoms. The Bertz CT molecular complexity index is 545. The molecule has 0 bridgehead atoms. The van der Waals surface area contributed by atoms with E-state index >= 15 is 0 Å². The molecule has 1 aromatic rings. The Morgan fingerprint density at radius 1 is 0.741 bits per heavy atom. The minimum Gasteiger partial charge on any atom is -0.466 e. The molecule has 152 valence electrons. The molecule has 0 aliphatic rings. The fourth-order valence-corrected chi connectivity index (χ4v) is 3.03. The SMILES string of the molecule is CCCCCOC(=O)CCCCCCCCC(=O)Oc1cc(C)cc(C)c1.